The molecule has 0 spiro atoms. The molecular weight excluding hydrogens is 309 g/mol. The molecule has 1 aromatic carbocycles. The second-order valence-corrected chi connectivity index (χ2v) is 7.29. The third kappa shape index (κ3) is 5.28. The normalized spacial score (nSPS) is 13.8. The van der Waals surface area contributed by atoms with Crippen molar-refractivity contribution in [2.24, 2.45) is 5.92 Å². The molecule has 1 atom stereocenters. The van der Waals surface area contributed by atoms with Gasteiger partial charge in [-0.3, -0.25) is 0 Å². The third-order valence-corrected chi connectivity index (χ3v) is 4.58. The zero-order chi connectivity index (χ0) is 14.6. The average molecular weight is 326 g/mol. The topological polar surface area (TPSA) is 66.4 Å². The van der Waals surface area contributed by atoms with Gasteiger partial charge in [-0.05, 0) is 30.5 Å². The maximum atomic E-state index is 12.0. The lowest BCUT2D eigenvalue weighted by molar-refractivity contribution is 0.152. The van der Waals surface area contributed by atoms with E-state index in [2.05, 4.69) is 4.72 Å². The van der Waals surface area contributed by atoms with Crippen LogP contribution in [0.5, 0.6) is 0 Å². The number of aliphatic hydroxyl groups excluding tert-OH is 1. The number of sulfonamides is 1. The van der Waals surface area contributed by atoms with Gasteiger partial charge in [0.1, 0.15) is 4.90 Å². The van der Waals surface area contributed by atoms with Gasteiger partial charge in [-0.2, -0.15) is 0 Å². The molecule has 1 rings (SSSR count). The number of halogens is 2. The molecule has 19 heavy (non-hydrogen) atoms. The van der Waals surface area contributed by atoms with Crippen molar-refractivity contribution in [3.05, 3.63) is 28.2 Å². The highest BCUT2D eigenvalue weighted by Crippen LogP contribution is 2.24. The van der Waals surface area contributed by atoms with E-state index in [0.29, 0.717) is 6.42 Å². The molecule has 1 unspecified atom stereocenters. The van der Waals surface area contributed by atoms with E-state index in [0.717, 1.165) is 0 Å². The molecule has 0 aliphatic rings. The lowest BCUT2D eigenvalue weighted by atomic mass is 10.1. The largest absolute Gasteiger partial charge is 0.392 e. The first-order valence-corrected chi connectivity index (χ1v) is 8.09. The molecule has 0 aliphatic carbocycles. The molecule has 0 fully saturated rings. The van der Waals surface area contributed by atoms with Crippen LogP contribution < -0.4 is 4.72 Å². The van der Waals surface area contributed by atoms with E-state index >= 15 is 0 Å². The molecule has 0 saturated carbocycles. The van der Waals surface area contributed by atoms with Crippen molar-refractivity contribution < 1.29 is 13.5 Å². The molecule has 0 saturated heterocycles. The summed E-state index contributed by atoms with van der Waals surface area (Å²) in [6.07, 6.45) is -0.209. The molecule has 0 aromatic heterocycles. The second-order valence-electron chi connectivity index (χ2n) is 4.71. The Bertz CT molecular complexity index is 532. The lowest BCUT2D eigenvalue weighted by Gasteiger charge is -2.14. The summed E-state index contributed by atoms with van der Waals surface area (Å²) in [6.45, 7) is 3.85. The van der Waals surface area contributed by atoms with E-state index in [4.69, 9.17) is 23.2 Å². The minimum Gasteiger partial charge on any atom is -0.392 e. The zero-order valence-electron chi connectivity index (χ0n) is 10.7. The minimum absolute atomic E-state index is 0.0522. The van der Waals surface area contributed by atoms with Crippen LogP contribution >= 0.6 is 23.2 Å². The first kappa shape index (κ1) is 16.7. The predicted octanol–water partition coefficient (Wildman–Crippen LogP) is 2.68. The highest BCUT2D eigenvalue weighted by atomic mass is 35.5. The Labute approximate surface area is 123 Å². The summed E-state index contributed by atoms with van der Waals surface area (Å²) >= 11 is 11.6. The Balaban J connectivity index is 2.79. The third-order valence-electron chi connectivity index (χ3n) is 2.44. The van der Waals surface area contributed by atoms with E-state index in [1.807, 2.05) is 13.8 Å². The van der Waals surface area contributed by atoms with Gasteiger partial charge in [0, 0.05) is 11.6 Å². The van der Waals surface area contributed by atoms with Gasteiger partial charge >= 0.3 is 0 Å². The number of nitrogens with one attached hydrogen (secondary N) is 1. The maximum Gasteiger partial charge on any atom is 0.242 e. The van der Waals surface area contributed by atoms with Crippen molar-refractivity contribution in [1.29, 1.82) is 0 Å². The van der Waals surface area contributed by atoms with Crippen molar-refractivity contribution in [2.45, 2.75) is 31.3 Å². The summed E-state index contributed by atoms with van der Waals surface area (Å²) in [4.78, 5) is -0.0848. The number of hydrogen-bond acceptors (Lipinski definition) is 3. The van der Waals surface area contributed by atoms with Crippen LogP contribution in [-0.2, 0) is 10.0 Å². The van der Waals surface area contributed by atoms with Crippen molar-refractivity contribution in [3.63, 3.8) is 0 Å². The van der Waals surface area contributed by atoms with Gasteiger partial charge in [-0.1, -0.05) is 37.0 Å². The van der Waals surface area contributed by atoms with Crippen LogP contribution in [0.4, 0.5) is 0 Å². The second kappa shape index (κ2) is 6.90. The van der Waals surface area contributed by atoms with E-state index in [9.17, 15) is 13.5 Å². The number of aliphatic hydroxyl groups is 1. The Morgan fingerprint density at radius 2 is 1.95 bits per heavy atom. The van der Waals surface area contributed by atoms with Gasteiger partial charge in [0.15, 0.2) is 0 Å². The number of rotatable bonds is 6. The molecule has 0 amide bonds. The summed E-state index contributed by atoms with van der Waals surface area (Å²) in [6, 6.07) is 4.21. The zero-order valence-corrected chi connectivity index (χ0v) is 13.1. The molecule has 108 valence electrons. The highest BCUT2D eigenvalue weighted by molar-refractivity contribution is 7.89. The van der Waals surface area contributed by atoms with E-state index < -0.39 is 16.1 Å². The van der Waals surface area contributed by atoms with Gasteiger partial charge in [0.05, 0.1) is 11.1 Å². The van der Waals surface area contributed by atoms with Crippen LogP contribution in [0.25, 0.3) is 0 Å². The van der Waals surface area contributed by atoms with E-state index in [-0.39, 0.29) is 27.4 Å². The summed E-state index contributed by atoms with van der Waals surface area (Å²) in [7, 11) is -3.77. The molecule has 4 nitrogen and oxygen atoms in total. The highest BCUT2D eigenvalue weighted by Gasteiger charge is 2.19. The van der Waals surface area contributed by atoms with Crippen LogP contribution in [-0.4, -0.2) is 26.2 Å². The summed E-state index contributed by atoms with van der Waals surface area (Å²) in [5, 5.41) is 10.0. The monoisotopic (exact) mass is 325 g/mol. The molecule has 1 aromatic rings. The Morgan fingerprint density at radius 1 is 1.32 bits per heavy atom. The first-order chi connectivity index (χ1) is 8.72. The van der Waals surface area contributed by atoms with Crippen molar-refractivity contribution in [1.82, 2.24) is 4.72 Å². The molecule has 2 N–H and O–H groups in total. The van der Waals surface area contributed by atoms with Crippen LogP contribution in [0.1, 0.15) is 20.3 Å². The van der Waals surface area contributed by atoms with Gasteiger partial charge in [-0.25, -0.2) is 13.1 Å². The van der Waals surface area contributed by atoms with E-state index in [1.165, 1.54) is 18.2 Å². The quantitative estimate of drug-likeness (QED) is 0.845. The van der Waals surface area contributed by atoms with E-state index in [1.54, 1.807) is 0 Å². The maximum absolute atomic E-state index is 12.0. The minimum atomic E-state index is -3.77. The van der Waals surface area contributed by atoms with Gasteiger partial charge in [-0.15, -0.1) is 0 Å². The van der Waals surface area contributed by atoms with Gasteiger partial charge < -0.3 is 5.11 Å². The van der Waals surface area contributed by atoms with Crippen LogP contribution in [0.3, 0.4) is 0 Å². The predicted molar refractivity (Wildman–Crippen MR) is 77.1 cm³/mol. The molecular formula is C12H17Cl2NO3S. The van der Waals surface area contributed by atoms with Crippen molar-refractivity contribution in [2.75, 3.05) is 6.54 Å². The van der Waals surface area contributed by atoms with Gasteiger partial charge in [0.25, 0.3) is 0 Å². The molecule has 0 heterocycles. The Hall–Kier alpha value is -0.330. The Morgan fingerprint density at radius 3 is 2.53 bits per heavy atom. The number of hydrogen-bond donors (Lipinski definition) is 2. The molecule has 0 radical (unpaired) electrons. The fraction of sp³-hybridized carbons (Fsp3) is 0.500. The standard InChI is InChI=1S/C12H17Cl2NO3S/c1-8(2)5-10(16)7-15-19(17,18)12-6-9(13)3-4-11(12)14/h3-4,6,8,10,15-16H,5,7H2,1-2H3. The first-order valence-electron chi connectivity index (χ1n) is 5.85. The summed E-state index contributed by atoms with van der Waals surface area (Å²) in [5.41, 5.74) is 0. The lowest BCUT2D eigenvalue weighted by Crippen LogP contribution is -2.33. The Kier molecular flexibility index (Phi) is 6.08. The summed E-state index contributed by atoms with van der Waals surface area (Å²) < 4.78 is 26.4. The molecule has 0 bridgehead atoms. The molecule has 7 heteroatoms. The van der Waals surface area contributed by atoms with Crippen LogP contribution in [0.15, 0.2) is 23.1 Å². The smallest absolute Gasteiger partial charge is 0.242 e. The van der Waals surface area contributed by atoms with Crippen molar-refractivity contribution >= 4 is 33.2 Å². The van der Waals surface area contributed by atoms with Crippen molar-refractivity contribution in [3.8, 4) is 0 Å². The SMILES string of the molecule is CC(C)CC(O)CNS(=O)(=O)c1cc(Cl)ccc1Cl. The van der Waals surface area contributed by atoms with Gasteiger partial charge in [0.2, 0.25) is 10.0 Å². The molecule has 0 aliphatic heterocycles. The fourth-order valence-corrected chi connectivity index (χ4v) is 3.43. The number of benzene rings is 1. The van der Waals surface area contributed by atoms with Crippen LogP contribution in [0.2, 0.25) is 10.0 Å². The summed E-state index contributed by atoms with van der Waals surface area (Å²) in [5.74, 6) is 0.286. The van der Waals surface area contributed by atoms with Crippen LogP contribution in [0, 0.1) is 5.92 Å². The average Bonchev–Trinajstić information content (AvgIpc) is 2.29. The fourth-order valence-electron chi connectivity index (χ4n) is 1.59.